The van der Waals surface area contributed by atoms with Crippen LogP contribution in [0.1, 0.15) is 53.2 Å². The average molecular weight is 443 g/mol. The number of carbonyl (C=O) groups is 1. The number of nitrogens with zero attached hydrogens (tertiary/aromatic N) is 1. The summed E-state index contributed by atoms with van der Waals surface area (Å²) < 4.78 is 5.55. The Labute approximate surface area is 197 Å². The number of ether oxygens (including phenoxy) is 1. The number of Topliss-reactive ketones (excluding diaryl/α,β-unsaturated/α-hetero) is 1. The van der Waals surface area contributed by atoms with Crippen molar-refractivity contribution in [2.75, 3.05) is 20.2 Å². The normalized spacial score (nSPS) is 18.7. The Balaban J connectivity index is 1.43. The minimum Gasteiger partial charge on any atom is -0.496 e. The standard InChI is InChI=1S/C29H34N2O2/c1-33-28-19-9-8-16-25(28)22-30-26-17-10-20-31(29(26)24-14-6-3-7-15-24)21-11-18-27(32)23-12-4-2-5-13-23/h2-9,12-16,19,26,29-30H,10-11,17-18,20-22H2,1H3. The number of para-hydroxylation sites is 1. The maximum atomic E-state index is 12.6. The number of likely N-dealkylation sites (tertiary alicyclic amines) is 1. The Hall–Kier alpha value is -2.95. The SMILES string of the molecule is COc1ccccc1CNC1CCCN(CCCC(=O)c2ccccc2)C1c1ccccc1. The molecule has 3 aromatic rings. The summed E-state index contributed by atoms with van der Waals surface area (Å²) in [6, 6.07) is 29.3. The molecule has 4 nitrogen and oxygen atoms in total. The van der Waals surface area contributed by atoms with Gasteiger partial charge in [-0.3, -0.25) is 9.69 Å². The van der Waals surface area contributed by atoms with Crippen molar-refractivity contribution in [2.24, 2.45) is 0 Å². The van der Waals surface area contributed by atoms with Crippen molar-refractivity contribution in [3.63, 3.8) is 0 Å². The van der Waals surface area contributed by atoms with Gasteiger partial charge in [-0.2, -0.15) is 0 Å². The summed E-state index contributed by atoms with van der Waals surface area (Å²) in [5, 5.41) is 3.83. The van der Waals surface area contributed by atoms with Gasteiger partial charge < -0.3 is 10.1 Å². The molecule has 0 amide bonds. The van der Waals surface area contributed by atoms with Gasteiger partial charge in [0.1, 0.15) is 5.75 Å². The number of ketones is 1. The zero-order chi connectivity index (χ0) is 22.9. The van der Waals surface area contributed by atoms with Crippen LogP contribution in [0.5, 0.6) is 5.75 Å². The molecule has 1 saturated heterocycles. The van der Waals surface area contributed by atoms with Gasteiger partial charge >= 0.3 is 0 Å². The van der Waals surface area contributed by atoms with E-state index in [9.17, 15) is 4.79 Å². The molecule has 172 valence electrons. The van der Waals surface area contributed by atoms with Crippen LogP contribution in [0.4, 0.5) is 0 Å². The highest BCUT2D eigenvalue weighted by molar-refractivity contribution is 5.95. The second-order valence-corrected chi connectivity index (χ2v) is 8.73. The van der Waals surface area contributed by atoms with Crippen molar-refractivity contribution >= 4 is 5.78 Å². The zero-order valence-electron chi connectivity index (χ0n) is 19.5. The van der Waals surface area contributed by atoms with Crippen LogP contribution in [0.3, 0.4) is 0 Å². The fourth-order valence-electron chi connectivity index (χ4n) is 4.92. The van der Waals surface area contributed by atoms with Crippen LogP contribution in [0.2, 0.25) is 0 Å². The van der Waals surface area contributed by atoms with E-state index in [1.54, 1.807) is 7.11 Å². The van der Waals surface area contributed by atoms with Crippen molar-refractivity contribution < 1.29 is 9.53 Å². The number of piperidine rings is 1. The number of hydrogen-bond donors (Lipinski definition) is 1. The molecule has 0 bridgehead atoms. The van der Waals surface area contributed by atoms with Crippen molar-refractivity contribution in [1.82, 2.24) is 10.2 Å². The van der Waals surface area contributed by atoms with Gasteiger partial charge in [0.25, 0.3) is 0 Å². The van der Waals surface area contributed by atoms with E-state index in [1.807, 2.05) is 42.5 Å². The maximum absolute atomic E-state index is 12.6. The monoisotopic (exact) mass is 442 g/mol. The van der Waals surface area contributed by atoms with Crippen LogP contribution in [0.15, 0.2) is 84.9 Å². The molecule has 0 radical (unpaired) electrons. The van der Waals surface area contributed by atoms with Gasteiger partial charge in [-0.15, -0.1) is 0 Å². The molecule has 2 unspecified atom stereocenters. The molecule has 0 aliphatic carbocycles. The predicted molar refractivity (Wildman–Crippen MR) is 134 cm³/mol. The summed E-state index contributed by atoms with van der Waals surface area (Å²) in [6.07, 6.45) is 3.74. The smallest absolute Gasteiger partial charge is 0.162 e. The lowest BCUT2D eigenvalue weighted by Crippen LogP contribution is -2.48. The Morgan fingerprint density at radius 3 is 2.42 bits per heavy atom. The molecular weight excluding hydrogens is 408 g/mol. The quantitative estimate of drug-likeness (QED) is 0.412. The molecule has 0 spiro atoms. The van der Waals surface area contributed by atoms with E-state index in [0.717, 1.165) is 50.2 Å². The molecule has 1 N–H and O–H groups in total. The van der Waals surface area contributed by atoms with Crippen molar-refractivity contribution in [2.45, 2.75) is 44.3 Å². The van der Waals surface area contributed by atoms with Crippen molar-refractivity contribution in [3.8, 4) is 5.75 Å². The first-order valence-corrected chi connectivity index (χ1v) is 12.0. The molecule has 4 heteroatoms. The summed E-state index contributed by atoms with van der Waals surface area (Å²) in [4.78, 5) is 15.1. The third kappa shape index (κ3) is 6.10. The van der Waals surface area contributed by atoms with E-state index in [2.05, 4.69) is 52.7 Å². The first-order chi connectivity index (χ1) is 16.3. The number of benzene rings is 3. The van der Waals surface area contributed by atoms with E-state index in [1.165, 1.54) is 11.1 Å². The largest absolute Gasteiger partial charge is 0.496 e. The van der Waals surface area contributed by atoms with Gasteiger partial charge in [0.05, 0.1) is 13.2 Å². The molecule has 1 heterocycles. The summed E-state index contributed by atoms with van der Waals surface area (Å²) in [7, 11) is 1.73. The highest BCUT2D eigenvalue weighted by Gasteiger charge is 2.32. The molecule has 1 fully saturated rings. The minimum absolute atomic E-state index is 0.231. The second-order valence-electron chi connectivity index (χ2n) is 8.73. The van der Waals surface area contributed by atoms with Gasteiger partial charge in [0.2, 0.25) is 0 Å². The van der Waals surface area contributed by atoms with Crippen molar-refractivity contribution in [1.29, 1.82) is 0 Å². The van der Waals surface area contributed by atoms with E-state index in [4.69, 9.17) is 4.74 Å². The molecule has 4 rings (SSSR count). The summed E-state index contributed by atoms with van der Waals surface area (Å²) in [5.41, 5.74) is 3.33. The molecule has 1 aliphatic heterocycles. The third-order valence-electron chi connectivity index (χ3n) is 6.57. The van der Waals surface area contributed by atoms with E-state index in [0.29, 0.717) is 18.5 Å². The third-order valence-corrected chi connectivity index (χ3v) is 6.57. The molecule has 1 aliphatic rings. The van der Waals surface area contributed by atoms with Crippen LogP contribution >= 0.6 is 0 Å². The van der Waals surface area contributed by atoms with Crippen molar-refractivity contribution in [3.05, 3.63) is 102 Å². The Kier molecular flexibility index (Phi) is 8.29. The first kappa shape index (κ1) is 23.2. The molecule has 2 atom stereocenters. The van der Waals surface area contributed by atoms with E-state index in [-0.39, 0.29) is 5.78 Å². The highest BCUT2D eigenvalue weighted by atomic mass is 16.5. The van der Waals surface area contributed by atoms with Gasteiger partial charge in [-0.25, -0.2) is 0 Å². The van der Waals surface area contributed by atoms with Crippen LogP contribution in [-0.2, 0) is 6.54 Å². The molecule has 0 aromatic heterocycles. The van der Waals surface area contributed by atoms with E-state index < -0.39 is 0 Å². The number of nitrogens with one attached hydrogen (secondary N) is 1. The van der Waals surface area contributed by atoms with E-state index >= 15 is 0 Å². The van der Waals surface area contributed by atoms with Gasteiger partial charge in [0, 0.05) is 30.1 Å². The molecule has 0 saturated carbocycles. The second kappa shape index (κ2) is 11.8. The molecule has 3 aromatic carbocycles. The minimum atomic E-state index is 0.231. The van der Waals surface area contributed by atoms with Gasteiger partial charge in [0.15, 0.2) is 5.78 Å². The number of hydrogen-bond acceptors (Lipinski definition) is 4. The van der Waals surface area contributed by atoms with Crippen LogP contribution in [-0.4, -0.2) is 36.9 Å². The molecule has 33 heavy (non-hydrogen) atoms. The Bertz CT molecular complexity index is 1010. The lowest BCUT2D eigenvalue weighted by molar-refractivity contribution is 0.0929. The van der Waals surface area contributed by atoms with Crippen LogP contribution in [0.25, 0.3) is 0 Å². The average Bonchev–Trinajstić information content (AvgIpc) is 2.88. The molecular formula is C29H34N2O2. The number of carbonyl (C=O) groups excluding carboxylic acids is 1. The summed E-state index contributed by atoms with van der Waals surface area (Å²) in [6.45, 7) is 2.76. The fraction of sp³-hybridized carbons (Fsp3) is 0.345. The number of rotatable bonds is 10. The maximum Gasteiger partial charge on any atom is 0.162 e. The van der Waals surface area contributed by atoms with Crippen LogP contribution < -0.4 is 10.1 Å². The van der Waals surface area contributed by atoms with Crippen LogP contribution in [0, 0.1) is 0 Å². The Morgan fingerprint density at radius 1 is 0.970 bits per heavy atom. The fourth-order valence-corrected chi connectivity index (χ4v) is 4.92. The predicted octanol–water partition coefficient (Wildman–Crippen LogP) is 5.65. The highest BCUT2D eigenvalue weighted by Crippen LogP contribution is 2.32. The Morgan fingerprint density at radius 2 is 1.67 bits per heavy atom. The lowest BCUT2D eigenvalue weighted by Gasteiger charge is -2.42. The zero-order valence-corrected chi connectivity index (χ0v) is 19.5. The first-order valence-electron chi connectivity index (χ1n) is 12.0. The lowest BCUT2D eigenvalue weighted by atomic mass is 9.89. The summed E-state index contributed by atoms with van der Waals surface area (Å²) in [5.74, 6) is 1.16. The van der Waals surface area contributed by atoms with Gasteiger partial charge in [-0.1, -0.05) is 78.9 Å². The van der Waals surface area contributed by atoms with Gasteiger partial charge in [-0.05, 0) is 44.0 Å². The number of methoxy groups -OCH3 is 1. The topological polar surface area (TPSA) is 41.6 Å². The summed E-state index contributed by atoms with van der Waals surface area (Å²) >= 11 is 0.